The molecular weight excluding hydrogens is 460 g/mol. The molecule has 0 radical (unpaired) electrons. The number of hydrogen-bond donors (Lipinski definition) is 2. The Morgan fingerprint density at radius 3 is 2.82 bits per heavy atom. The largest absolute Gasteiger partial charge is 0.369 e. The molecule has 34 heavy (non-hydrogen) atoms. The molecule has 1 atom stereocenters. The molecule has 0 spiro atoms. The lowest BCUT2D eigenvalue weighted by molar-refractivity contribution is 0.102. The van der Waals surface area contributed by atoms with Gasteiger partial charge in [0, 0.05) is 42.1 Å². The Bertz CT molecular complexity index is 1410. The summed E-state index contributed by atoms with van der Waals surface area (Å²) in [5.41, 5.74) is 1.54. The lowest BCUT2D eigenvalue weighted by Crippen LogP contribution is -2.43. The van der Waals surface area contributed by atoms with Crippen molar-refractivity contribution in [1.82, 2.24) is 24.1 Å². The molecule has 3 aromatic heterocycles. The number of benzene rings is 1. The van der Waals surface area contributed by atoms with Gasteiger partial charge in [0.15, 0.2) is 11.5 Å². The monoisotopic (exact) mass is 483 g/mol. The zero-order chi connectivity index (χ0) is 23.4. The van der Waals surface area contributed by atoms with Gasteiger partial charge in [-0.3, -0.25) is 9.20 Å². The number of amides is 1. The fourth-order valence-corrected chi connectivity index (χ4v) is 5.49. The molecule has 4 aromatic rings. The number of carbonyl (C=O) groups excluding carboxylic acids is 1. The Morgan fingerprint density at radius 1 is 1.18 bits per heavy atom. The molecule has 1 saturated carbocycles. The molecule has 2 fully saturated rings. The highest BCUT2D eigenvalue weighted by molar-refractivity contribution is 7.05. The van der Waals surface area contributed by atoms with Gasteiger partial charge in [-0.05, 0) is 43.8 Å². The number of rotatable bonds is 5. The minimum atomic E-state index is -0.820. The van der Waals surface area contributed by atoms with E-state index >= 15 is 4.39 Å². The van der Waals surface area contributed by atoms with Crippen molar-refractivity contribution >= 4 is 45.5 Å². The SMILES string of the molecule is Cc1cn2cc(NC(=O)c3c(F)cc(N4CCC(NC5CCC5)C4)c4csnc34)nc(F)c2n1. The van der Waals surface area contributed by atoms with Crippen molar-refractivity contribution in [2.24, 2.45) is 0 Å². The van der Waals surface area contributed by atoms with Crippen LogP contribution in [0.15, 0.2) is 23.8 Å². The molecule has 6 rings (SSSR count). The van der Waals surface area contributed by atoms with Gasteiger partial charge in [0.05, 0.1) is 17.6 Å². The summed E-state index contributed by atoms with van der Waals surface area (Å²) in [4.78, 5) is 23.0. The summed E-state index contributed by atoms with van der Waals surface area (Å²) in [6.45, 7) is 3.33. The van der Waals surface area contributed by atoms with Crippen LogP contribution in [0, 0.1) is 18.7 Å². The average Bonchev–Trinajstić information content (AvgIpc) is 3.49. The third kappa shape index (κ3) is 3.68. The minimum absolute atomic E-state index is 0.0382. The minimum Gasteiger partial charge on any atom is -0.369 e. The van der Waals surface area contributed by atoms with Crippen molar-refractivity contribution in [3.8, 4) is 0 Å². The van der Waals surface area contributed by atoms with Crippen LogP contribution in [0.2, 0.25) is 0 Å². The van der Waals surface area contributed by atoms with Crippen molar-refractivity contribution in [3.05, 3.63) is 46.9 Å². The molecule has 4 heterocycles. The molecule has 1 aliphatic carbocycles. The number of aromatic nitrogens is 4. The Labute approximate surface area is 198 Å². The number of hydrogen-bond acceptors (Lipinski definition) is 7. The number of nitrogens with zero attached hydrogens (tertiary/aromatic N) is 5. The van der Waals surface area contributed by atoms with Crippen LogP contribution in [-0.4, -0.2) is 49.8 Å². The summed E-state index contributed by atoms with van der Waals surface area (Å²) < 4.78 is 35.4. The number of halogens is 2. The quantitative estimate of drug-likeness (QED) is 0.448. The van der Waals surface area contributed by atoms with Crippen molar-refractivity contribution in [2.45, 2.75) is 44.7 Å². The zero-order valence-corrected chi connectivity index (χ0v) is 19.3. The van der Waals surface area contributed by atoms with Gasteiger partial charge >= 0.3 is 0 Å². The molecule has 8 nitrogen and oxygen atoms in total. The van der Waals surface area contributed by atoms with Gasteiger partial charge < -0.3 is 15.5 Å². The molecule has 1 unspecified atom stereocenters. The van der Waals surface area contributed by atoms with E-state index in [4.69, 9.17) is 0 Å². The van der Waals surface area contributed by atoms with Crippen molar-refractivity contribution in [3.63, 3.8) is 0 Å². The van der Waals surface area contributed by atoms with Gasteiger partial charge in [0.1, 0.15) is 16.9 Å². The first-order chi connectivity index (χ1) is 16.5. The van der Waals surface area contributed by atoms with Crippen LogP contribution in [0.25, 0.3) is 16.6 Å². The van der Waals surface area contributed by atoms with E-state index in [1.54, 1.807) is 13.1 Å². The van der Waals surface area contributed by atoms with Gasteiger partial charge in [-0.2, -0.15) is 13.7 Å². The number of nitrogens with one attached hydrogen (secondary N) is 2. The molecule has 1 saturated heterocycles. The van der Waals surface area contributed by atoms with Crippen LogP contribution in [0.3, 0.4) is 0 Å². The van der Waals surface area contributed by atoms with E-state index in [-0.39, 0.29) is 17.0 Å². The van der Waals surface area contributed by atoms with Crippen LogP contribution >= 0.6 is 11.5 Å². The first-order valence-corrected chi connectivity index (χ1v) is 12.2. The number of fused-ring (bicyclic) bond motifs is 2. The van der Waals surface area contributed by atoms with Gasteiger partial charge in [-0.1, -0.05) is 6.42 Å². The van der Waals surface area contributed by atoms with E-state index in [9.17, 15) is 9.18 Å². The summed E-state index contributed by atoms with van der Waals surface area (Å²) in [6, 6.07) is 2.38. The molecule has 2 N–H and O–H groups in total. The Balaban J connectivity index is 1.28. The summed E-state index contributed by atoms with van der Waals surface area (Å²) in [7, 11) is 0. The lowest BCUT2D eigenvalue weighted by Gasteiger charge is -2.30. The molecule has 1 aliphatic heterocycles. The normalized spacial score (nSPS) is 18.7. The second kappa shape index (κ2) is 8.24. The Hall–Kier alpha value is -3.18. The van der Waals surface area contributed by atoms with Gasteiger partial charge in [-0.25, -0.2) is 9.37 Å². The third-order valence-electron chi connectivity index (χ3n) is 6.68. The fraction of sp³-hybridized carbons (Fsp3) is 0.391. The van der Waals surface area contributed by atoms with Crippen LogP contribution < -0.4 is 15.5 Å². The first-order valence-electron chi connectivity index (χ1n) is 11.4. The van der Waals surface area contributed by atoms with Gasteiger partial charge in [-0.15, -0.1) is 0 Å². The predicted octanol–water partition coefficient (Wildman–Crippen LogP) is 3.90. The lowest BCUT2D eigenvalue weighted by atomic mass is 9.92. The topological polar surface area (TPSA) is 87.5 Å². The Morgan fingerprint density at radius 2 is 2.03 bits per heavy atom. The zero-order valence-electron chi connectivity index (χ0n) is 18.5. The maximum absolute atomic E-state index is 15.3. The summed E-state index contributed by atoms with van der Waals surface area (Å²) in [6.07, 6.45) is 7.78. The molecular formula is C23H23F2N7OS. The van der Waals surface area contributed by atoms with E-state index < -0.39 is 17.7 Å². The van der Waals surface area contributed by atoms with Crippen LogP contribution in [-0.2, 0) is 0 Å². The fourth-order valence-electron chi connectivity index (χ4n) is 4.81. The smallest absolute Gasteiger partial charge is 0.262 e. The number of imidazole rings is 1. The molecule has 1 aromatic carbocycles. The van der Waals surface area contributed by atoms with Gasteiger partial charge in [0.25, 0.3) is 11.9 Å². The number of aryl methyl sites for hydroxylation is 1. The molecule has 176 valence electrons. The third-order valence-corrected chi connectivity index (χ3v) is 7.31. The highest BCUT2D eigenvalue weighted by Gasteiger charge is 2.30. The second-order valence-corrected chi connectivity index (χ2v) is 9.67. The summed E-state index contributed by atoms with van der Waals surface area (Å²) in [5, 5.41) is 8.78. The highest BCUT2D eigenvalue weighted by atomic mass is 32.1. The predicted molar refractivity (Wildman–Crippen MR) is 127 cm³/mol. The van der Waals surface area contributed by atoms with Gasteiger partial charge in [0.2, 0.25) is 0 Å². The van der Waals surface area contributed by atoms with E-state index in [0.29, 0.717) is 23.3 Å². The molecule has 11 heteroatoms. The average molecular weight is 484 g/mol. The van der Waals surface area contributed by atoms with E-state index in [0.717, 1.165) is 30.6 Å². The van der Waals surface area contributed by atoms with E-state index in [2.05, 4.69) is 29.9 Å². The maximum Gasteiger partial charge on any atom is 0.262 e. The summed E-state index contributed by atoms with van der Waals surface area (Å²) >= 11 is 1.18. The second-order valence-electron chi connectivity index (χ2n) is 9.04. The molecule has 0 bridgehead atoms. The number of carbonyl (C=O) groups is 1. The van der Waals surface area contributed by atoms with Crippen LogP contribution in [0.1, 0.15) is 41.7 Å². The molecule has 2 aliphatic rings. The Kier molecular flexibility index (Phi) is 5.18. The van der Waals surface area contributed by atoms with Crippen LogP contribution in [0.5, 0.6) is 0 Å². The number of anilines is 2. The summed E-state index contributed by atoms with van der Waals surface area (Å²) in [5.74, 6) is -2.25. The van der Waals surface area contributed by atoms with Crippen molar-refractivity contribution in [1.29, 1.82) is 0 Å². The van der Waals surface area contributed by atoms with Crippen molar-refractivity contribution < 1.29 is 13.6 Å². The standard InChI is InChI=1S/C23H23F2N7OS/c1-12-8-32-10-18(28-21(25)22(32)26-12)29-23(33)19-16(24)7-17(15-11-34-30-20(15)19)31-6-5-14(9-31)27-13-3-2-4-13/h7-8,10-11,13-14,27H,2-6,9H2,1H3,(H,29,33). The first kappa shape index (κ1) is 21.4. The van der Waals surface area contributed by atoms with E-state index in [1.165, 1.54) is 47.5 Å². The van der Waals surface area contributed by atoms with Crippen LogP contribution in [0.4, 0.5) is 20.3 Å². The highest BCUT2D eigenvalue weighted by Crippen LogP contribution is 2.35. The van der Waals surface area contributed by atoms with E-state index in [1.807, 2.05) is 5.38 Å². The maximum atomic E-state index is 15.3. The van der Waals surface area contributed by atoms with Crippen molar-refractivity contribution in [2.75, 3.05) is 23.3 Å². The molecule has 1 amide bonds.